The van der Waals surface area contributed by atoms with Crippen LogP contribution in [0.2, 0.25) is 0 Å². The number of esters is 1. The highest BCUT2D eigenvalue weighted by molar-refractivity contribution is 9.10. The lowest BCUT2D eigenvalue weighted by Gasteiger charge is -2.09. The molecule has 1 N–H and O–H groups in total. The van der Waals surface area contributed by atoms with Gasteiger partial charge in [-0.05, 0) is 38.1 Å². The van der Waals surface area contributed by atoms with Crippen molar-refractivity contribution in [3.8, 4) is 0 Å². The van der Waals surface area contributed by atoms with Crippen LogP contribution in [0.4, 0.5) is 0 Å². The van der Waals surface area contributed by atoms with E-state index in [2.05, 4.69) is 20.7 Å². The van der Waals surface area contributed by atoms with Gasteiger partial charge >= 0.3 is 5.97 Å². The molecule has 0 saturated heterocycles. The van der Waals surface area contributed by atoms with Crippen LogP contribution in [0.15, 0.2) is 33.6 Å². The summed E-state index contributed by atoms with van der Waals surface area (Å²) in [4.78, 5) is 11.4. The van der Waals surface area contributed by atoms with E-state index in [-0.39, 0.29) is 24.0 Å². The van der Waals surface area contributed by atoms with Crippen molar-refractivity contribution in [1.82, 2.24) is 4.72 Å². The average Bonchev–Trinajstić information content (AvgIpc) is 2.28. The van der Waals surface area contributed by atoms with E-state index in [1.165, 1.54) is 12.1 Å². The average molecular weight is 350 g/mol. The minimum absolute atomic E-state index is 0.00788. The molecule has 0 heterocycles. The molecule has 0 fully saturated rings. The van der Waals surface area contributed by atoms with E-state index in [9.17, 15) is 13.2 Å². The Morgan fingerprint density at radius 3 is 2.42 bits per heavy atom. The Balaban J connectivity index is 2.52. The van der Waals surface area contributed by atoms with Gasteiger partial charge in [0.25, 0.3) is 0 Å². The molecule has 1 aromatic carbocycles. The van der Waals surface area contributed by atoms with Crippen LogP contribution in [0, 0.1) is 0 Å². The molecule has 0 radical (unpaired) electrons. The molecular formula is C12H16BrNO4S. The Morgan fingerprint density at radius 1 is 1.32 bits per heavy atom. The molecule has 106 valence electrons. The number of carbonyl (C=O) groups is 1. The quantitative estimate of drug-likeness (QED) is 0.798. The van der Waals surface area contributed by atoms with E-state index in [1.807, 2.05) is 0 Å². The normalized spacial score (nSPS) is 11.6. The Hall–Kier alpha value is -0.920. The van der Waals surface area contributed by atoms with E-state index in [4.69, 9.17) is 4.74 Å². The van der Waals surface area contributed by atoms with Crippen LogP contribution in [0.1, 0.15) is 20.3 Å². The maximum absolute atomic E-state index is 11.9. The molecule has 5 nitrogen and oxygen atoms in total. The molecule has 1 aromatic rings. The molecule has 0 aliphatic carbocycles. The molecule has 0 unspecified atom stereocenters. The van der Waals surface area contributed by atoms with Gasteiger partial charge in [0.1, 0.15) is 0 Å². The number of carbonyl (C=O) groups excluding carboxylic acids is 1. The van der Waals surface area contributed by atoms with E-state index in [1.54, 1.807) is 26.0 Å². The number of rotatable bonds is 6. The van der Waals surface area contributed by atoms with Gasteiger partial charge in [0.15, 0.2) is 0 Å². The van der Waals surface area contributed by atoms with Crippen molar-refractivity contribution in [3.05, 3.63) is 28.7 Å². The zero-order chi connectivity index (χ0) is 14.5. The number of halogens is 1. The monoisotopic (exact) mass is 349 g/mol. The first kappa shape index (κ1) is 16.1. The zero-order valence-corrected chi connectivity index (χ0v) is 13.1. The van der Waals surface area contributed by atoms with Crippen molar-refractivity contribution in [2.45, 2.75) is 31.3 Å². The standard InChI is InChI=1S/C12H16BrNO4S/c1-9(2)18-12(15)7-8-14-19(16,17)11-5-3-10(13)4-6-11/h3-6,9,14H,7-8H2,1-2H3. The Bertz CT molecular complexity index is 525. The van der Waals surface area contributed by atoms with Crippen LogP contribution in [-0.2, 0) is 19.6 Å². The van der Waals surface area contributed by atoms with E-state index >= 15 is 0 Å². The molecule has 0 aliphatic heterocycles. The van der Waals surface area contributed by atoms with Gasteiger partial charge in [-0.25, -0.2) is 13.1 Å². The third-order valence-electron chi connectivity index (χ3n) is 2.11. The van der Waals surface area contributed by atoms with Crippen LogP contribution in [-0.4, -0.2) is 27.0 Å². The third kappa shape index (κ3) is 5.71. The minimum atomic E-state index is -3.58. The highest BCUT2D eigenvalue weighted by Gasteiger charge is 2.14. The van der Waals surface area contributed by atoms with Crippen LogP contribution in [0.25, 0.3) is 0 Å². The molecule has 0 spiro atoms. The molecule has 1 rings (SSSR count). The lowest BCUT2D eigenvalue weighted by Crippen LogP contribution is -2.27. The van der Waals surface area contributed by atoms with Gasteiger partial charge in [-0.3, -0.25) is 4.79 Å². The van der Waals surface area contributed by atoms with Gasteiger partial charge in [0.2, 0.25) is 10.0 Å². The highest BCUT2D eigenvalue weighted by atomic mass is 79.9. The highest BCUT2D eigenvalue weighted by Crippen LogP contribution is 2.14. The summed E-state index contributed by atoms with van der Waals surface area (Å²) in [7, 11) is -3.58. The number of hydrogen-bond acceptors (Lipinski definition) is 4. The van der Waals surface area contributed by atoms with Crippen molar-refractivity contribution in [2.75, 3.05) is 6.54 Å². The predicted molar refractivity (Wildman–Crippen MR) is 75.2 cm³/mol. The molecule has 0 aliphatic rings. The van der Waals surface area contributed by atoms with E-state index in [0.29, 0.717) is 0 Å². The van der Waals surface area contributed by atoms with Gasteiger partial charge in [0, 0.05) is 11.0 Å². The summed E-state index contributed by atoms with van der Waals surface area (Å²) in [6, 6.07) is 6.25. The van der Waals surface area contributed by atoms with Crippen molar-refractivity contribution < 1.29 is 17.9 Å². The lowest BCUT2D eigenvalue weighted by atomic mass is 10.4. The second-order valence-corrected chi connectivity index (χ2v) is 6.82. The number of benzene rings is 1. The second-order valence-electron chi connectivity index (χ2n) is 4.14. The van der Waals surface area contributed by atoms with Gasteiger partial charge in [0.05, 0.1) is 17.4 Å². The SMILES string of the molecule is CC(C)OC(=O)CCNS(=O)(=O)c1ccc(Br)cc1. The largest absolute Gasteiger partial charge is 0.463 e. The van der Waals surface area contributed by atoms with Crippen molar-refractivity contribution >= 4 is 31.9 Å². The molecule has 0 amide bonds. The van der Waals surface area contributed by atoms with Crippen molar-refractivity contribution in [2.24, 2.45) is 0 Å². The summed E-state index contributed by atoms with van der Waals surface area (Å²) in [6.07, 6.45) is -0.191. The van der Waals surface area contributed by atoms with E-state index < -0.39 is 16.0 Å². The first-order valence-electron chi connectivity index (χ1n) is 5.76. The fourth-order valence-electron chi connectivity index (χ4n) is 1.31. The number of hydrogen-bond donors (Lipinski definition) is 1. The van der Waals surface area contributed by atoms with Gasteiger partial charge in [-0.1, -0.05) is 15.9 Å². The van der Waals surface area contributed by atoms with Crippen LogP contribution in [0.3, 0.4) is 0 Å². The minimum Gasteiger partial charge on any atom is -0.463 e. The maximum atomic E-state index is 11.9. The Morgan fingerprint density at radius 2 is 1.89 bits per heavy atom. The molecule has 7 heteroatoms. The summed E-state index contributed by atoms with van der Waals surface area (Å²) in [5.74, 6) is -0.423. The molecule has 19 heavy (non-hydrogen) atoms. The summed E-state index contributed by atoms with van der Waals surface area (Å²) >= 11 is 3.23. The zero-order valence-electron chi connectivity index (χ0n) is 10.7. The van der Waals surface area contributed by atoms with Crippen LogP contribution >= 0.6 is 15.9 Å². The molecule has 0 bridgehead atoms. The first-order chi connectivity index (χ1) is 8.81. The molecule has 0 saturated carbocycles. The topological polar surface area (TPSA) is 72.5 Å². The van der Waals surface area contributed by atoms with Gasteiger partial charge < -0.3 is 4.74 Å². The number of ether oxygens (including phenoxy) is 1. The molecule has 0 aromatic heterocycles. The fraction of sp³-hybridized carbons (Fsp3) is 0.417. The second kappa shape index (κ2) is 7.02. The molecule has 0 atom stereocenters. The molecular weight excluding hydrogens is 334 g/mol. The summed E-state index contributed by atoms with van der Waals surface area (Å²) in [6.45, 7) is 3.50. The summed E-state index contributed by atoms with van der Waals surface area (Å²) in [5, 5.41) is 0. The van der Waals surface area contributed by atoms with Crippen molar-refractivity contribution in [3.63, 3.8) is 0 Å². The van der Waals surface area contributed by atoms with Gasteiger partial charge in [-0.15, -0.1) is 0 Å². The number of sulfonamides is 1. The third-order valence-corrected chi connectivity index (χ3v) is 4.12. The van der Waals surface area contributed by atoms with Crippen molar-refractivity contribution in [1.29, 1.82) is 0 Å². The summed E-state index contributed by atoms with van der Waals surface area (Å²) < 4.78 is 31.8. The van der Waals surface area contributed by atoms with Crippen LogP contribution in [0.5, 0.6) is 0 Å². The Labute approximate surface area is 121 Å². The fourth-order valence-corrected chi connectivity index (χ4v) is 2.60. The maximum Gasteiger partial charge on any atom is 0.307 e. The summed E-state index contributed by atoms with van der Waals surface area (Å²) in [5.41, 5.74) is 0. The Kier molecular flexibility index (Phi) is 5.96. The van der Waals surface area contributed by atoms with Crippen LogP contribution < -0.4 is 4.72 Å². The number of nitrogens with one attached hydrogen (secondary N) is 1. The van der Waals surface area contributed by atoms with Gasteiger partial charge in [-0.2, -0.15) is 0 Å². The predicted octanol–water partition coefficient (Wildman–Crippen LogP) is 2.07. The van der Waals surface area contributed by atoms with E-state index in [0.717, 1.165) is 4.47 Å². The first-order valence-corrected chi connectivity index (χ1v) is 8.03. The lowest BCUT2D eigenvalue weighted by molar-refractivity contribution is -0.147. The smallest absolute Gasteiger partial charge is 0.307 e.